The lowest BCUT2D eigenvalue weighted by Gasteiger charge is -2.09. The van der Waals surface area contributed by atoms with E-state index in [2.05, 4.69) is 26.5 Å². The second kappa shape index (κ2) is 10.4. The van der Waals surface area contributed by atoms with Gasteiger partial charge in [-0.05, 0) is 61.5 Å². The molecule has 0 heterocycles. The fourth-order valence-electron chi connectivity index (χ4n) is 2.61. The fourth-order valence-corrected chi connectivity index (χ4v) is 2.99. The Morgan fingerprint density at radius 3 is 2.55 bits per heavy atom. The first-order valence-corrected chi connectivity index (χ1v) is 10.1. The summed E-state index contributed by atoms with van der Waals surface area (Å²) < 4.78 is 11.6. The molecule has 0 bridgehead atoms. The Labute approximate surface area is 187 Å². The maximum absolute atomic E-state index is 12.5. The molecule has 0 aliphatic heterocycles. The van der Waals surface area contributed by atoms with Crippen LogP contribution in [0.3, 0.4) is 0 Å². The molecular formula is C23H19BrN2O5. The van der Waals surface area contributed by atoms with Crippen LogP contribution >= 0.6 is 15.9 Å². The van der Waals surface area contributed by atoms with Crippen molar-refractivity contribution in [2.45, 2.75) is 6.92 Å². The molecule has 0 atom stereocenters. The van der Waals surface area contributed by atoms with Crippen LogP contribution < -0.4 is 14.9 Å². The number of amides is 1. The summed E-state index contributed by atoms with van der Waals surface area (Å²) in [6.07, 6.45) is 1.35. The molecule has 8 heteroatoms. The highest BCUT2D eigenvalue weighted by atomic mass is 79.9. The van der Waals surface area contributed by atoms with Crippen LogP contribution in [-0.4, -0.2) is 29.8 Å². The number of phenolic OH excluding ortho intramolecular Hbond substituents is 1. The molecule has 0 saturated carbocycles. The molecule has 0 fully saturated rings. The normalized spacial score (nSPS) is 10.6. The minimum absolute atomic E-state index is 0.0936. The number of nitrogens with one attached hydrogen (secondary N) is 1. The monoisotopic (exact) mass is 482 g/mol. The number of ether oxygens (including phenoxy) is 2. The van der Waals surface area contributed by atoms with Gasteiger partial charge in [-0.3, -0.25) is 4.79 Å². The van der Waals surface area contributed by atoms with Crippen molar-refractivity contribution in [3.63, 3.8) is 0 Å². The summed E-state index contributed by atoms with van der Waals surface area (Å²) in [5.41, 5.74) is 3.26. The Morgan fingerprint density at radius 2 is 1.84 bits per heavy atom. The highest BCUT2D eigenvalue weighted by Crippen LogP contribution is 2.23. The van der Waals surface area contributed by atoms with Gasteiger partial charge < -0.3 is 14.6 Å². The molecule has 0 aliphatic carbocycles. The molecule has 2 N–H and O–H groups in total. The molecule has 0 aliphatic rings. The summed E-state index contributed by atoms with van der Waals surface area (Å²) in [6, 6.07) is 17.8. The summed E-state index contributed by atoms with van der Waals surface area (Å²) in [5.74, 6) is -0.337. The third-order valence-electron chi connectivity index (χ3n) is 4.09. The maximum Gasteiger partial charge on any atom is 0.343 e. The zero-order chi connectivity index (χ0) is 22.2. The van der Waals surface area contributed by atoms with Crippen LogP contribution in [0.4, 0.5) is 0 Å². The smallest absolute Gasteiger partial charge is 0.343 e. The number of para-hydroxylation sites is 1. The molecule has 0 saturated heterocycles. The highest BCUT2D eigenvalue weighted by molar-refractivity contribution is 9.10. The SMILES string of the molecule is CCOc1ccc(C(=O)Oc2ccc(Br)cc2/C=N/NC(=O)c2ccccc2O)cc1. The Morgan fingerprint density at radius 1 is 1.10 bits per heavy atom. The van der Waals surface area contributed by atoms with Crippen molar-refractivity contribution in [1.82, 2.24) is 5.43 Å². The first kappa shape index (κ1) is 22.0. The van der Waals surface area contributed by atoms with Gasteiger partial charge in [0, 0.05) is 10.0 Å². The summed E-state index contributed by atoms with van der Waals surface area (Å²) in [6.45, 7) is 2.41. The van der Waals surface area contributed by atoms with E-state index in [0.29, 0.717) is 23.5 Å². The van der Waals surface area contributed by atoms with Gasteiger partial charge in [0.05, 0.1) is 23.9 Å². The highest BCUT2D eigenvalue weighted by Gasteiger charge is 2.13. The molecule has 3 rings (SSSR count). The van der Waals surface area contributed by atoms with Gasteiger partial charge in [0.2, 0.25) is 0 Å². The Hall–Kier alpha value is -3.65. The second-order valence-electron chi connectivity index (χ2n) is 6.25. The van der Waals surface area contributed by atoms with Gasteiger partial charge >= 0.3 is 5.97 Å². The maximum atomic E-state index is 12.5. The van der Waals surface area contributed by atoms with Crippen LogP contribution in [0, 0.1) is 0 Å². The third kappa shape index (κ3) is 5.93. The first-order chi connectivity index (χ1) is 15.0. The van der Waals surface area contributed by atoms with Crippen molar-refractivity contribution >= 4 is 34.0 Å². The summed E-state index contributed by atoms with van der Waals surface area (Å²) in [5, 5.41) is 13.7. The number of carbonyl (C=O) groups excluding carboxylic acids is 2. The number of nitrogens with zero attached hydrogens (tertiary/aromatic N) is 1. The molecule has 31 heavy (non-hydrogen) atoms. The molecule has 0 radical (unpaired) electrons. The van der Waals surface area contributed by atoms with E-state index in [9.17, 15) is 14.7 Å². The molecule has 158 valence electrons. The number of rotatable bonds is 7. The molecule has 0 unspecified atom stereocenters. The van der Waals surface area contributed by atoms with Crippen LogP contribution in [-0.2, 0) is 0 Å². The summed E-state index contributed by atoms with van der Waals surface area (Å²) in [7, 11) is 0. The predicted octanol–water partition coefficient (Wildman–Crippen LogP) is 4.54. The number of esters is 1. The van der Waals surface area contributed by atoms with Gasteiger partial charge in [-0.25, -0.2) is 10.2 Å². The average molecular weight is 483 g/mol. The molecular weight excluding hydrogens is 464 g/mol. The number of aromatic hydroxyl groups is 1. The van der Waals surface area contributed by atoms with E-state index in [1.54, 1.807) is 54.6 Å². The van der Waals surface area contributed by atoms with E-state index in [0.717, 1.165) is 4.47 Å². The van der Waals surface area contributed by atoms with Crippen molar-refractivity contribution in [3.05, 3.63) is 87.9 Å². The standard InChI is InChI=1S/C23H19BrN2O5/c1-2-30-18-10-7-15(8-11-18)23(29)31-21-12-9-17(24)13-16(21)14-25-26-22(28)19-5-3-4-6-20(19)27/h3-14,27H,2H2,1H3,(H,26,28)/b25-14+. The first-order valence-electron chi connectivity index (χ1n) is 9.34. The second-order valence-corrected chi connectivity index (χ2v) is 7.16. The number of benzene rings is 3. The lowest BCUT2D eigenvalue weighted by Crippen LogP contribution is -2.17. The van der Waals surface area contributed by atoms with Crippen LogP contribution in [0.1, 0.15) is 33.2 Å². The predicted molar refractivity (Wildman–Crippen MR) is 120 cm³/mol. The van der Waals surface area contributed by atoms with Crippen molar-refractivity contribution in [2.24, 2.45) is 5.10 Å². The van der Waals surface area contributed by atoms with Crippen molar-refractivity contribution < 1.29 is 24.2 Å². The number of hydrazone groups is 1. The number of halogens is 1. The number of phenols is 1. The molecule has 3 aromatic carbocycles. The van der Waals surface area contributed by atoms with E-state index in [4.69, 9.17) is 9.47 Å². The zero-order valence-corrected chi connectivity index (χ0v) is 18.1. The summed E-state index contributed by atoms with van der Waals surface area (Å²) >= 11 is 3.36. The van der Waals surface area contributed by atoms with Gasteiger partial charge in [0.15, 0.2) is 0 Å². The number of carbonyl (C=O) groups is 2. The third-order valence-corrected chi connectivity index (χ3v) is 4.59. The van der Waals surface area contributed by atoms with Gasteiger partial charge in [0.1, 0.15) is 17.2 Å². The van der Waals surface area contributed by atoms with E-state index in [-0.39, 0.29) is 17.1 Å². The lowest BCUT2D eigenvalue weighted by molar-refractivity contribution is 0.0734. The van der Waals surface area contributed by atoms with Crippen molar-refractivity contribution in [2.75, 3.05) is 6.61 Å². The zero-order valence-electron chi connectivity index (χ0n) is 16.5. The lowest BCUT2D eigenvalue weighted by atomic mass is 10.2. The van der Waals surface area contributed by atoms with Gasteiger partial charge in [-0.15, -0.1) is 0 Å². The van der Waals surface area contributed by atoms with Crippen LogP contribution in [0.25, 0.3) is 0 Å². The number of hydrogen-bond donors (Lipinski definition) is 2. The summed E-state index contributed by atoms with van der Waals surface area (Å²) in [4.78, 5) is 24.7. The van der Waals surface area contributed by atoms with Crippen molar-refractivity contribution in [1.29, 1.82) is 0 Å². The number of hydrogen-bond acceptors (Lipinski definition) is 6. The Bertz CT molecular complexity index is 1110. The fraction of sp³-hybridized carbons (Fsp3) is 0.0870. The minimum Gasteiger partial charge on any atom is -0.507 e. The van der Waals surface area contributed by atoms with E-state index in [1.165, 1.54) is 18.3 Å². The molecule has 3 aromatic rings. The van der Waals surface area contributed by atoms with E-state index >= 15 is 0 Å². The molecule has 1 amide bonds. The van der Waals surface area contributed by atoms with Gasteiger partial charge in [-0.1, -0.05) is 28.1 Å². The average Bonchev–Trinajstić information content (AvgIpc) is 2.76. The largest absolute Gasteiger partial charge is 0.507 e. The Kier molecular flexibility index (Phi) is 7.40. The quantitative estimate of drug-likeness (QED) is 0.223. The van der Waals surface area contributed by atoms with E-state index < -0.39 is 11.9 Å². The van der Waals surface area contributed by atoms with Crippen molar-refractivity contribution in [3.8, 4) is 17.2 Å². The van der Waals surface area contributed by atoms with Crippen LogP contribution in [0.2, 0.25) is 0 Å². The van der Waals surface area contributed by atoms with Crippen LogP contribution in [0.15, 0.2) is 76.3 Å². The van der Waals surface area contributed by atoms with Gasteiger partial charge in [-0.2, -0.15) is 5.10 Å². The minimum atomic E-state index is -0.572. The van der Waals surface area contributed by atoms with Gasteiger partial charge in [0.25, 0.3) is 5.91 Å². The molecule has 7 nitrogen and oxygen atoms in total. The Balaban J connectivity index is 1.72. The van der Waals surface area contributed by atoms with E-state index in [1.807, 2.05) is 6.92 Å². The topological polar surface area (TPSA) is 97.2 Å². The molecule has 0 spiro atoms. The molecule has 0 aromatic heterocycles. The van der Waals surface area contributed by atoms with Crippen LogP contribution in [0.5, 0.6) is 17.2 Å².